The highest BCUT2D eigenvalue weighted by atomic mass is 16.5. The monoisotopic (exact) mass is 312 g/mol. The SMILES string of the molecule is CCOc1ccccc1NC(=O)c1ccnc(N2CCCC2)n1. The Morgan fingerprint density at radius 2 is 2.04 bits per heavy atom. The molecule has 3 rings (SSSR count). The number of hydrogen-bond donors (Lipinski definition) is 1. The zero-order valence-corrected chi connectivity index (χ0v) is 13.2. The van der Waals surface area contributed by atoms with Crippen LogP contribution in [0.2, 0.25) is 0 Å². The first-order chi connectivity index (χ1) is 11.3. The van der Waals surface area contributed by atoms with Crippen molar-refractivity contribution in [2.24, 2.45) is 0 Å². The smallest absolute Gasteiger partial charge is 0.274 e. The van der Waals surface area contributed by atoms with E-state index in [2.05, 4.69) is 20.2 Å². The fourth-order valence-corrected chi connectivity index (χ4v) is 2.58. The maximum absolute atomic E-state index is 12.5. The minimum absolute atomic E-state index is 0.264. The number of anilines is 2. The summed E-state index contributed by atoms with van der Waals surface area (Å²) in [7, 11) is 0. The maximum atomic E-state index is 12.5. The van der Waals surface area contributed by atoms with E-state index < -0.39 is 0 Å². The summed E-state index contributed by atoms with van der Waals surface area (Å²) in [6.45, 7) is 4.33. The minimum atomic E-state index is -0.264. The molecule has 2 aromatic rings. The van der Waals surface area contributed by atoms with Crippen molar-refractivity contribution in [1.29, 1.82) is 0 Å². The molecule has 1 aliphatic rings. The molecule has 0 spiro atoms. The summed E-state index contributed by atoms with van der Waals surface area (Å²) in [6, 6.07) is 8.99. The van der Waals surface area contributed by atoms with Gasteiger partial charge < -0.3 is 15.0 Å². The Morgan fingerprint density at radius 1 is 1.26 bits per heavy atom. The second-order valence-electron chi connectivity index (χ2n) is 5.32. The number of nitrogens with one attached hydrogen (secondary N) is 1. The molecule has 23 heavy (non-hydrogen) atoms. The Morgan fingerprint density at radius 3 is 2.83 bits per heavy atom. The Labute approximate surface area is 135 Å². The van der Waals surface area contributed by atoms with Gasteiger partial charge in [0.2, 0.25) is 5.95 Å². The average Bonchev–Trinajstić information content (AvgIpc) is 3.11. The van der Waals surface area contributed by atoms with Gasteiger partial charge in [0, 0.05) is 19.3 Å². The second-order valence-corrected chi connectivity index (χ2v) is 5.32. The van der Waals surface area contributed by atoms with E-state index in [0.29, 0.717) is 29.7 Å². The Hall–Kier alpha value is -2.63. The van der Waals surface area contributed by atoms with Crippen LogP contribution in [0.25, 0.3) is 0 Å². The van der Waals surface area contributed by atoms with Crippen molar-refractivity contribution in [2.45, 2.75) is 19.8 Å². The van der Waals surface area contributed by atoms with E-state index >= 15 is 0 Å². The number of amides is 1. The normalized spacial score (nSPS) is 13.9. The first-order valence-corrected chi connectivity index (χ1v) is 7.89. The number of rotatable bonds is 5. The van der Waals surface area contributed by atoms with Crippen molar-refractivity contribution < 1.29 is 9.53 Å². The molecule has 6 nitrogen and oxygen atoms in total. The van der Waals surface area contributed by atoms with Gasteiger partial charge in [-0.05, 0) is 38.0 Å². The lowest BCUT2D eigenvalue weighted by molar-refractivity contribution is 0.102. The molecule has 1 fully saturated rings. The van der Waals surface area contributed by atoms with E-state index in [1.165, 1.54) is 0 Å². The molecule has 120 valence electrons. The number of nitrogens with zero attached hydrogens (tertiary/aromatic N) is 3. The van der Waals surface area contributed by atoms with Gasteiger partial charge in [0.15, 0.2) is 0 Å². The summed E-state index contributed by atoms with van der Waals surface area (Å²) in [5.41, 5.74) is 0.994. The lowest BCUT2D eigenvalue weighted by Crippen LogP contribution is -2.22. The molecule has 2 heterocycles. The first kappa shape index (κ1) is 15.3. The van der Waals surface area contributed by atoms with E-state index in [0.717, 1.165) is 25.9 Å². The molecule has 1 aromatic heterocycles. The summed E-state index contributed by atoms with van der Waals surface area (Å²) in [5, 5.41) is 2.86. The maximum Gasteiger partial charge on any atom is 0.274 e. The van der Waals surface area contributed by atoms with Crippen LogP contribution in [-0.4, -0.2) is 35.6 Å². The highest BCUT2D eigenvalue weighted by Crippen LogP contribution is 2.24. The van der Waals surface area contributed by atoms with Gasteiger partial charge in [-0.25, -0.2) is 9.97 Å². The predicted octanol–water partition coefficient (Wildman–Crippen LogP) is 2.73. The van der Waals surface area contributed by atoms with Gasteiger partial charge in [-0.2, -0.15) is 0 Å². The van der Waals surface area contributed by atoms with Gasteiger partial charge in [-0.3, -0.25) is 4.79 Å². The third-order valence-corrected chi connectivity index (χ3v) is 3.70. The Balaban J connectivity index is 1.77. The second kappa shape index (κ2) is 7.09. The fraction of sp³-hybridized carbons (Fsp3) is 0.353. The fourth-order valence-electron chi connectivity index (χ4n) is 2.58. The van der Waals surface area contributed by atoms with Crippen LogP contribution in [0.5, 0.6) is 5.75 Å². The van der Waals surface area contributed by atoms with Gasteiger partial charge in [0.1, 0.15) is 11.4 Å². The number of benzene rings is 1. The molecule has 0 atom stereocenters. The lowest BCUT2D eigenvalue weighted by atomic mass is 10.2. The van der Waals surface area contributed by atoms with Gasteiger partial charge >= 0.3 is 0 Å². The molecule has 1 amide bonds. The van der Waals surface area contributed by atoms with Crippen LogP contribution in [0.1, 0.15) is 30.3 Å². The molecule has 1 saturated heterocycles. The van der Waals surface area contributed by atoms with Crippen molar-refractivity contribution >= 4 is 17.5 Å². The molecule has 0 bridgehead atoms. The lowest BCUT2D eigenvalue weighted by Gasteiger charge is -2.15. The zero-order valence-electron chi connectivity index (χ0n) is 13.2. The predicted molar refractivity (Wildman–Crippen MR) is 89.0 cm³/mol. The summed E-state index contributed by atoms with van der Waals surface area (Å²) in [4.78, 5) is 23.2. The highest BCUT2D eigenvalue weighted by Gasteiger charge is 2.17. The number of carbonyl (C=O) groups excluding carboxylic acids is 1. The van der Waals surface area contributed by atoms with E-state index in [1.807, 2.05) is 31.2 Å². The van der Waals surface area contributed by atoms with Gasteiger partial charge in [0.25, 0.3) is 5.91 Å². The Kier molecular flexibility index (Phi) is 4.71. The molecule has 1 aliphatic heterocycles. The molecule has 1 aromatic carbocycles. The van der Waals surface area contributed by atoms with E-state index in [-0.39, 0.29) is 5.91 Å². The molecular weight excluding hydrogens is 292 g/mol. The number of carbonyl (C=O) groups is 1. The molecule has 0 unspecified atom stereocenters. The standard InChI is InChI=1S/C17H20N4O2/c1-2-23-15-8-4-3-7-13(15)19-16(22)14-9-10-18-17(20-14)21-11-5-6-12-21/h3-4,7-10H,2,5-6,11-12H2,1H3,(H,19,22). The number of aromatic nitrogens is 2. The van der Waals surface area contributed by atoms with E-state index in [1.54, 1.807) is 12.3 Å². The minimum Gasteiger partial charge on any atom is -0.492 e. The summed E-state index contributed by atoms with van der Waals surface area (Å²) < 4.78 is 5.52. The van der Waals surface area contributed by atoms with Crippen LogP contribution >= 0.6 is 0 Å². The zero-order chi connectivity index (χ0) is 16.1. The third-order valence-electron chi connectivity index (χ3n) is 3.70. The molecule has 0 saturated carbocycles. The summed E-state index contributed by atoms with van der Waals surface area (Å²) in [5.74, 6) is 1.01. The number of hydrogen-bond acceptors (Lipinski definition) is 5. The van der Waals surface area contributed by atoms with Crippen molar-refractivity contribution in [2.75, 3.05) is 29.9 Å². The van der Waals surface area contributed by atoms with Crippen molar-refractivity contribution in [3.8, 4) is 5.75 Å². The third kappa shape index (κ3) is 3.59. The van der Waals surface area contributed by atoms with E-state index in [9.17, 15) is 4.79 Å². The quantitative estimate of drug-likeness (QED) is 0.919. The van der Waals surface area contributed by atoms with Crippen LogP contribution < -0.4 is 15.0 Å². The number of ether oxygens (including phenoxy) is 1. The molecule has 0 aliphatic carbocycles. The molecule has 6 heteroatoms. The van der Waals surface area contributed by atoms with Crippen LogP contribution in [0.15, 0.2) is 36.5 Å². The molecule has 1 N–H and O–H groups in total. The first-order valence-electron chi connectivity index (χ1n) is 7.89. The van der Waals surface area contributed by atoms with Gasteiger partial charge in [-0.15, -0.1) is 0 Å². The molecule has 0 radical (unpaired) electrons. The van der Waals surface area contributed by atoms with Crippen LogP contribution in [0.4, 0.5) is 11.6 Å². The van der Waals surface area contributed by atoms with E-state index in [4.69, 9.17) is 4.74 Å². The van der Waals surface area contributed by atoms with Gasteiger partial charge in [-0.1, -0.05) is 12.1 Å². The van der Waals surface area contributed by atoms with Crippen LogP contribution in [-0.2, 0) is 0 Å². The van der Waals surface area contributed by atoms with Crippen molar-refractivity contribution in [1.82, 2.24) is 9.97 Å². The van der Waals surface area contributed by atoms with Crippen molar-refractivity contribution in [3.05, 3.63) is 42.2 Å². The van der Waals surface area contributed by atoms with Crippen LogP contribution in [0.3, 0.4) is 0 Å². The largest absolute Gasteiger partial charge is 0.492 e. The Bertz CT molecular complexity index is 684. The molecular formula is C17H20N4O2. The highest BCUT2D eigenvalue weighted by molar-refractivity contribution is 6.03. The average molecular weight is 312 g/mol. The number of para-hydroxylation sites is 2. The van der Waals surface area contributed by atoms with Crippen molar-refractivity contribution in [3.63, 3.8) is 0 Å². The van der Waals surface area contributed by atoms with Crippen LogP contribution in [0, 0.1) is 0 Å². The topological polar surface area (TPSA) is 67.3 Å². The van der Waals surface area contributed by atoms with Gasteiger partial charge in [0.05, 0.1) is 12.3 Å². The summed E-state index contributed by atoms with van der Waals surface area (Å²) in [6.07, 6.45) is 3.91. The summed E-state index contributed by atoms with van der Waals surface area (Å²) >= 11 is 0.